The van der Waals surface area contributed by atoms with E-state index in [0.29, 0.717) is 6.54 Å². The third-order valence-corrected chi connectivity index (χ3v) is 3.89. The van der Waals surface area contributed by atoms with E-state index in [-0.39, 0.29) is 35.0 Å². The van der Waals surface area contributed by atoms with E-state index in [1.807, 2.05) is 0 Å². The number of hydrogen-bond donors (Lipinski definition) is 2. The number of nitrogens with one attached hydrogen (secondary N) is 2. The van der Waals surface area contributed by atoms with Crippen molar-refractivity contribution in [2.75, 3.05) is 26.8 Å². The van der Waals surface area contributed by atoms with E-state index in [4.69, 9.17) is 9.47 Å². The maximum Gasteiger partial charge on any atom is 0.191 e. The van der Waals surface area contributed by atoms with Crippen LogP contribution in [-0.4, -0.2) is 38.4 Å². The average Bonchev–Trinajstić information content (AvgIpc) is 2.45. The lowest BCUT2D eigenvalue weighted by molar-refractivity contribution is -0.0971. The Bertz CT molecular complexity index is 593. The van der Waals surface area contributed by atoms with E-state index < -0.39 is 0 Å². The van der Waals surface area contributed by atoms with Crippen molar-refractivity contribution in [3.8, 4) is 5.75 Å². The Morgan fingerprint density at radius 1 is 1.28 bits per heavy atom. The van der Waals surface area contributed by atoms with Crippen molar-refractivity contribution in [1.29, 1.82) is 0 Å². The first-order chi connectivity index (χ1) is 11.2. The van der Waals surface area contributed by atoms with Crippen LogP contribution in [0.2, 0.25) is 0 Å². The molecule has 0 atom stereocenters. The van der Waals surface area contributed by atoms with E-state index >= 15 is 0 Å². The van der Waals surface area contributed by atoms with Gasteiger partial charge in [-0.2, -0.15) is 0 Å². The van der Waals surface area contributed by atoms with Crippen LogP contribution >= 0.6 is 24.0 Å². The first kappa shape index (κ1) is 22.0. The summed E-state index contributed by atoms with van der Waals surface area (Å²) in [6.45, 7) is 13.6. The molecule has 0 aromatic heterocycles. The molecule has 1 aromatic rings. The van der Waals surface area contributed by atoms with Gasteiger partial charge in [-0.05, 0) is 39.3 Å². The molecule has 0 radical (unpaired) electrons. The van der Waals surface area contributed by atoms with E-state index in [1.165, 1.54) is 5.56 Å². The van der Waals surface area contributed by atoms with Gasteiger partial charge >= 0.3 is 0 Å². The third kappa shape index (κ3) is 7.01. The Morgan fingerprint density at radius 3 is 2.48 bits per heavy atom. The summed E-state index contributed by atoms with van der Waals surface area (Å²) in [5, 5.41) is 6.75. The number of hydrogen-bond acceptors (Lipinski definition) is 3. The van der Waals surface area contributed by atoms with Gasteiger partial charge in [0.15, 0.2) is 5.96 Å². The fourth-order valence-corrected chi connectivity index (χ4v) is 2.48. The van der Waals surface area contributed by atoms with Crippen LogP contribution in [0.4, 0.5) is 0 Å². The van der Waals surface area contributed by atoms with Crippen LogP contribution in [0.1, 0.15) is 38.8 Å². The molecular weight excluding hydrogens is 429 g/mol. The molecule has 0 spiro atoms. The summed E-state index contributed by atoms with van der Waals surface area (Å²) < 4.78 is 11.4. The zero-order valence-corrected chi connectivity index (χ0v) is 18.6. The Morgan fingerprint density at radius 2 is 1.96 bits per heavy atom. The molecule has 5 nitrogen and oxygen atoms in total. The molecule has 1 aliphatic rings. The summed E-state index contributed by atoms with van der Waals surface area (Å²) in [4.78, 5) is 4.30. The average molecular weight is 461 g/mol. The molecule has 0 unspecified atom stereocenters. The molecule has 1 fully saturated rings. The van der Waals surface area contributed by atoms with E-state index in [2.05, 4.69) is 68.4 Å². The fraction of sp³-hybridized carbons (Fsp3) is 0.632. The summed E-state index contributed by atoms with van der Waals surface area (Å²) in [7, 11) is 1.79. The molecule has 1 aliphatic heterocycles. The highest BCUT2D eigenvalue weighted by Gasteiger charge is 2.33. The number of ether oxygens (including phenoxy) is 2. The lowest BCUT2D eigenvalue weighted by Gasteiger charge is -2.38. The second-order valence-electron chi connectivity index (χ2n) is 7.91. The standard InChI is InChI=1S/C19H31N3O2.HI/c1-14-7-8-15(16(9-14)24-18(2,3)4)10-21-17(20-6)22-11-19(5)12-23-13-19;/h7-9H,10-13H2,1-6H3,(H2,20,21,22);1H. The number of aliphatic imine (C=N–C) groups is 1. The van der Waals surface area contributed by atoms with Crippen LogP contribution in [0.15, 0.2) is 23.2 Å². The Balaban J connectivity index is 0.00000312. The Kier molecular flexibility index (Phi) is 7.99. The van der Waals surface area contributed by atoms with Gasteiger partial charge in [-0.1, -0.05) is 19.1 Å². The lowest BCUT2D eigenvalue weighted by Crippen LogP contribution is -2.50. The predicted octanol–water partition coefficient (Wildman–Crippen LogP) is 3.49. The van der Waals surface area contributed by atoms with Crippen LogP contribution in [0.25, 0.3) is 0 Å². The molecule has 142 valence electrons. The van der Waals surface area contributed by atoms with Gasteiger partial charge < -0.3 is 20.1 Å². The van der Waals surface area contributed by atoms with Gasteiger partial charge in [0.05, 0.1) is 13.2 Å². The van der Waals surface area contributed by atoms with Crippen molar-refractivity contribution in [1.82, 2.24) is 10.6 Å². The van der Waals surface area contributed by atoms with Gasteiger partial charge in [-0.15, -0.1) is 24.0 Å². The minimum Gasteiger partial charge on any atom is -0.488 e. The van der Waals surface area contributed by atoms with Gasteiger partial charge in [0.2, 0.25) is 0 Å². The third-order valence-electron chi connectivity index (χ3n) is 3.89. The number of benzene rings is 1. The summed E-state index contributed by atoms with van der Waals surface area (Å²) >= 11 is 0. The highest BCUT2D eigenvalue weighted by Crippen LogP contribution is 2.26. The zero-order chi connectivity index (χ0) is 17.8. The molecule has 1 aromatic carbocycles. The molecule has 0 saturated carbocycles. The van der Waals surface area contributed by atoms with Crippen molar-refractivity contribution in [2.45, 2.75) is 46.8 Å². The van der Waals surface area contributed by atoms with Gasteiger partial charge in [-0.3, -0.25) is 4.99 Å². The number of rotatable bonds is 5. The zero-order valence-electron chi connectivity index (χ0n) is 16.2. The quantitative estimate of drug-likeness (QED) is 0.401. The van der Waals surface area contributed by atoms with Gasteiger partial charge in [-0.25, -0.2) is 0 Å². The lowest BCUT2D eigenvalue weighted by atomic mass is 9.89. The monoisotopic (exact) mass is 461 g/mol. The molecule has 0 bridgehead atoms. The molecule has 0 aliphatic carbocycles. The molecule has 2 rings (SSSR count). The van der Waals surface area contributed by atoms with E-state index in [9.17, 15) is 0 Å². The van der Waals surface area contributed by atoms with Gasteiger partial charge in [0, 0.05) is 31.1 Å². The SMILES string of the molecule is CN=C(NCc1ccc(C)cc1OC(C)(C)C)NCC1(C)COC1.I. The maximum absolute atomic E-state index is 6.10. The number of halogens is 1. The van der Waals surface area contributed by atoms with Crippen molar-refractivity contribution in [2.24, 2.45) is 10.4 Å². The molecule has 1 saturated heterocycles. The Hall–Kier alpha value is -1.02. The summed E-state index contributed by atoms with van der Waals surface area (Å²) in [6, 6.07) is 6.30. The van der Waals surface area contributed by atoms with Gasteiger partial charge in [0.25, 0.3) is 0 Å². The smallest absolute Gasteiger partial charge is 0.191 e. The van der Waals surface area contributed by atoms with Crippen LogP contribution in [0.5, 0.6) is 5.75 Å². The molecular formula is C19H32IN3O2. The van der Waals surface area contributed by atoms with Crippen LogP contribution in [-0.2, 0) is 11.3 Å². The molecule has 2 N–H and O–H groups in total. The normalized spacial score (nSPS) is 16.5. The van der Waals surface area contributed by atoms with E-state index in [0.717, 1.165) is 37.0 Å². The second-order valence-corrected chi connectivity index (χ2v) is 7.91. The van der Waals surface area contributed by atoms with Crippen molar-refractivity contribution in [3.63, 3.8) is 0 Å². The second kappa shape index (κ2) is 9.07. The highest BCUT2D eigenvalue weighted by atomic mass is 127. The first-order valence-electron chi connectivity index (χ1n) is 8.52. The van der Waals surface area contributed by atoms with Crippen molar-refractivity contribution in [3.05, 3.63) is 29.3 Å². The minimum absolute atomic E-state index is 0. The molecule has 6 heteroatoms. The van der Waals surface area contributed by atoms with Crippen molar-refractivity contribution >= 4 is 29.9 Å². The van der Waals surface area contributed by atoms with Crippen LogP contribution in [0.3, 0.4) is 0 Å². The number of guanidine groups is 1. The highest BCUT2D eigenvalue weighted by molar-refractivity contribution is 14.0. The molecule has 25 heavy (non-hydrogen) atoms. The van der Waals surface area contributed by atoms with Crippen molar-refractivity contribution < 1.29 is 9.47 Å². The molecule has 1 heterocycles. The number of aryl methyl sites for hydroxylation is 1. The predicted molar refractivity (Wildman–Crippen MR) is 114 cm³/mol. The Labute approximate surface area is 169 Å². The summed E-state index contributed by atoms with van der Waals surface area (Å²) in [6.07, 6.45) is 0. The largest absolute Gasteiger partial charge is 0.488 e. The fourth-order valence-electron chi connectivity index (χ4n) is 2.48. The minimum atomic E-state index is -0.221. The topological polar surface area (TPSA) is 54.9 Å². The first-order valence-corrected chi connectivity index (χ1v) is 8.52. The molecule has 0 amide bonds. The van der Waals surface area contributed by atoms with E-state index in [1.54, 1.807) is 7.05 Å². The van der Waals surface area contributed by atoms with Gasteiger partial charge in [0.1, 0.15) is 11.4 Å². The van der Waals surface area contributed by atoms with Crippen LogP contribution in [0, 0.1) is 12.3 Å². The summed E-state index contributed by atoms with van der Waals surface area (Å²) in [5.74, 6) is 1.72. The maximum atomic E-state index is 6.10. The summed E-state index contributed by atoms with van der Waals surface area (Å²) in [5.41, 5.74) is 2.30. The number of nitrogens with zero attached hydrogens (tertiary/aromatic N) is 1. The van der Waals surface area contributed by atoms with Crippen LogP contribution < -0.4 is 15.4 Å².